The van der Waals surface area contributed by atoms with Crippen molar-refractivity contribution in [1.29, 1.82) is 0 Å². The molecule has 0 rings (SSSR count). The molecule has 0 aliphatic rings. The van der Waals surface area contributed by atoms with Gasteiger partial charge in [-0.3, -0.25) is 0 Å². The van der Waals surface area contributed by atoms with E-state index in [4.69, 9.17) is 0.938 Å². The normalized spacial score (nSPS) is 1.50. The van der Waals surface area contributed by atoms with Crippen molar-refractivity contribution in [2.75, 3.05) is 0 Å². The fraction of sp³-hybridized carbons (Fsp3) is 0. The average molecular weight is 304 g/mol. The van der Waals surface area contributed by atoms with Gasteiger partial charge in [-0.2, -0.15) is 0 Å². The van der Waals surface area contributed by atoms with Crippen molar-refractivity contribution in [3.05, 3.63) is 0 Å². The number of hydrogen-bond acceptors (Lipinski definition) is 2. The van der Waals surface area contributed by atoms with Crippen molar-refractivity contribution in [3.63, 3.8) is 0 Å². The predicted octanol–water partition coefficient (Wildman–Crippen LogP) is -0.119. The molecule has 4 heavy (non-hydrogen) atoms. The van der Waals surface area contributed by atoms with E-state index in [1.807, 2.05) is 0 Å². The third-order valence-electron chi connectivity index (χ3n) is 0. The van der Waals surface area contributed by atoms with Gasteiger partial charge < -0.3 is 0 Å². The van der Waals surface area contributed by atoms with Crippen LogP contribution in [-0.2, 0) is 0.938 Å². The maximum atomic E-state index is 8.39. The molecule has 0 atom stereocenters. The molecule has 0 N–H and O–H groups in total. The Kier molecular flexibility index (Phi) is 44.5. The van der Waals surface area contributed by atoms with Crippen LogP contribution in [0.1, 0.15) is 0 Å². The van der Waals surface area contributed by atoms with Gasteiger partial charge in [-0.15, -0.1) is 0 Å². The van der Waals surface area contributed by atoms with Crippen LogP contribution in [0.15, 0.2) is 0 Å². The summed E-state index contributed by atoms with van der Waals surface area (Å²) in [6.45, 7) is 0. The minimum atomic E-state index is 0.0556. The monoisotopic (exact) mass is 304 g/mol. The second-order valence-electron chi connectivity index (χ2n) is 0. The molecular weight excluding hydrogens is 303 g/mol. The van der Waals surface area contributed by atoms with E-state index in [9.17, 15) is 0 Å². The Morgan fingerprint density at radius 3 is 1.50 bits per heavy atom. The Morgan fingerprint density at radius 2 is 1.50 bits per heavy atom. The molecule has 0 saturated carbocycles. The fourth-order valence-electron chi connectivity index (χ4n) is 0. The van der Waals surface area contributed by atoms with Crippen LogP contribution >= 0.6 is 8.92 Å². The quantitative estimate of drug-likeness (QED) is 0.621. The van der Waals surface area contributed by atoms with Crippen LogP contribution in [0.2, 0.25) is 0 Å². The van der Waals surface area contributed by atoms with Gasteiger partial charge in [0.2, 0.25) is 0 Å². The van der Waals surface area contributed by atoms with E-state index < -0.39 is 0 Å². The molecule has 0 heterocycles. The van der Waals surface area contributed by atoms with E-state index in [1.165, 1.54) is 0 Å². The first-order chi connectivity index (χ1) is 2.00. The van der Waals surface area contributed by atoms with E-state index in [-0.39, 0.29) is 39.8 Å². The van der Waals surface area contributed by atoms with Gasteiger partial charge in [-0.25, -0.2) is 0 Å². The van der Waals surface area contributed by atoms with Gasteiger partial charge in [0.1, 0.15) is 0 Å². The first kappa shape index (κ1) is 9.55. The SMILES string of the molecule is [O]=[Ce].[S]=[InH]. The first-order valence-electron chi connectivity index (χ1n) is 0.493. The van der Waals surface area contributed by atoms with Crippen LogP contribution in [0.25, 0.3) is 0 Å². The summed E-state index contributed by atoms with van der Waals surface area (Å²) < 4.78 is 8.39. The summed E-state index contributed by atoms with van der Waals surface area (Å²) in [6, 6.07) is 0. The molecular formula is HCeInOS. The van der Waals surface area contributed by atoms with Crippen molar-refractivity contribution in [2.45, 2.75) is 0 Å². The molecule has 1 nitrogen and oxygen atoms in total. The second kappa shape index (κ2) is 18.7. The first-order valence-corrected chi connectivity index (χ1v) is 7.30. The molecule has 0 aliphatic heterocycles. The van der Waals surface area contributed by atoms with Gasteiger partial charge in [-0.1, -0.05) is 0 Å². The molecule has 0 spiro atoms. The molecule has 0 aromatic rings. The van der Waals surface area contributed by atoms with Crippen LogP contribution in [-0.4, -0.2) is 22.4 Å². The van der Waals surface area contributed by atoms with Gasteiger partial charge in [0.15, 0.2) is 0 Å². The van der Waals surface area contributed by atoms with E-state index >= 15 is 0 Å². The molecule has 0 aromatic carbocycles. The molecule has 0 aliphatic carbocycles. The Balaban J connectivity index is 0. The number of rotatable bonds is 0. The molecule has 20 valence electrons. The molecule has 0 unspecified atom stereocenters. The van der Waals surface area contributed by atoms with E-state index in [0.717, 1.165) is 22.4 Å². The van der Waals surface area contributed by atoms with Gasteiger partial charge in [-0.05, 0) is 0 Å². The summed E-state index contributed by atoms with van der Waals surface area (Å²) in [5.41, 5.74) is 0. The summed E-state index contributed by atoms with van der Waals surface area (Å²) in [7, 11) is 4.25. The summed E-state index contributed by atoms with van der Waals surface area (Å²) in [4.78, 5) is 0. The molecule has 0 saturated heterocycles. The van der Waals surface area contributed by atoms with Crippen molar-refractivity contribution >= 4 is 31.3 Å². The zero-order valence-electron chi connectivity index (χ0n) is 2.02. The van der Waals surface area contributed by atoms with Gasteiger partial charge in [0.05, 0.1) is 0 Å². The zero-order chi connectivity index (χ0) is 4.00. The van der Waals surface area contributed by atoms with Gasteiger partial charge >= 0.3 is 72.0 Å². The Hall–Kier alpha value is 2.27. The van der Waals surface area contributed by atoms with Crippen LogP contribution in [0.3, 0.4) is 0 Å². The third kappa shape index (κ3) is 8.86. The molecule has 0 fully saturated rings. The van der Waals surface area contributed by atoms with Crippen LogP contribution < -0.4 is 0 Å². The third-order valence-corrected chi connectivity index (χ3v) is 0. The molecule has 0 aromatic heterocycles. The Bertz CT molecular complexity index is 10.0. The maximum absolute atomic E-state index is 8.39. The van der Waals surface area contributed by atoms with Crippen molar-refractivity contribution in [1.82, 2.24) is 0 Å². The molecule has 0 radical (unpaired) electrons. The zero-order valence-corrected chi connectivity index (χ0v) is 10.0. The molecule has 0 bridgehead atoms. The topological polar surface area (TPSA) is 17.1 Å². The van der Waals surface area contributed by atoms with Crippen LogP contribution in [0.5, 0.6) is 0 Å². The van der Waals surface area contributed by atoms with Gasteiger partial charge in [0.25, 0.3) is 0 Å². The van der Waals surface area contributed by atoms with Gasteiger partial charge in [0, 0.05) is 0 Å². The van der Waals surface area contributed by atoms with Crippen molar-refractivity contribution < 1.29 is 40.7 Å². The Morgan fingerprint density at radius 1 is 1.50 bits per heavy atom. The number of hydrogen-bond donors (Lipinski definition) is 0. The minimum absolute atomic E-state index is 0.0556. The fourth-order valence-corrected chi connectivity index (χ4v) is 0. The standard InChI is InChI=1S/Ce.In.O.S.H. The second-order valence-corrected chi connectivity index (χ2v) is 0. The van der Waals surface area contributed by atoms with Crippen molar-refractivity contribution in [2.24, 2.45) is 0 Å². The molecule has 4 heteroatoms. The summed E-state index contributed by atoms with van der Waals surface area (Å²) in [5, 5.41) is 0. The summed E-state index contributed by atoms with van der Waals surface area (Å²) in [5.74, 6) is 0. The van der Waals surface area contributed by atoms with Crippen LogP contribution in [0.4, 0.5) is 0 Å². The van der Waals surface area contributed by atoms with E-state index in [1.54, 1.807) is 0 Å². The average Bonchev–Trinajstić information content (AvgIpc) is 1.50. The molecule has 0 amide bonds. The summed E-state index contributed by atoms with van der Waals surface area (Å²) >= 11 is 0.789. The van der Waals surface area contributed by atoms with E-state index in [0.29, 0.717) is 0 Å². The van der Waals surface area contributed by atoms with E-state index in [2.05, 4.69) is 8.92 Å². The van der Waals surface area contributed by atoms with Crippen molar-refractivity contribution in [3.8, 4) is 0 Å². The summed E-state index contributed by atoms with van der Waals surface area (Å²) in [6.07, 6.45) is 0. The predicted molar refractivity (Wildman–Crippen MR) is 15.4 cm³/mol. The Labute approximate surface area is 70.3 Å². The van der Waals surface area contributed by atoms with Crippen LogP contribution in [0, 0.1) is 39.8 Å².